The van der Waals surface area contributed by atoms with Gasteiger partial charge in [0.1, 0.15) is 22.5 Å². The van der Waals surface area contributed by atoms with Gasteiger partial charge in [-0.3, -0.25) is 5.41 Å². The molecule has 1 aliphatic carbocycles. The lowest BCUT2D eigenvalue weighted by Gasteiger charge is -2.10. The highest BCUT2D eigenvalue weighted by Crippen LogP contribution is 2.34. The minimum Gasteiger partial charge on any atom is -0.384 e. The summed E-state index contributed by atoms with van der Waals surface area (Å²) in [6.45, 7) is 0. The number of nitrogens with two attached hydrogens (primary N) is 1. The van der Waals surface area contributed by atoms with Crippen LogP contribution < -0.4 is 5.73 Å². The average molecular weight is 305 g/mol. The van der Waals surface area contributed by atoms with Gasteiger partial charge in [0, 0.05) is 22.2 Å². The number of aryl methyl sites for hydroxylation is 2. The minimum absolute atomic E-state index is 0.0952. The van der Waals surface area contributed by atoms with Crippen molar-refractivity contribution in [2.45, 2.75) is 29.2 Å². The number of hydrogen-bond acceptors (Lipinski definition) is 3. The molecule has 1 aromatic carbocycles. The molecule has 2 aromatic rings. The molecule has 0 fully saturated rings. The van der Waals surface area contributed by atoms with E-state index in [1.807, 2.05) is 6.07 Å². The number of pyridine rings is 1. The molecule has 108 valence electrons. The lowest BCUT2D eigenvalue weighted by Crippen LogP contribution is -2.14. The molecule has 6 heteroatoms. The zero-order valence-electron chi connectivity index (χ0n) is 11.1. The van der Waals surface area contributed by atoms with Crippen LogP contribution in [0.4, 0.5) is 8.78 Å². The summed E-state index contributed by atoms with van der Waals surface area (Å²) in [5.74, 6) is -1.36. The van der Waals surface area contributed by atoms with Crippen molar-refractivity contribution >= 4 is 17.6 Å². The van der Waals surface area contributed by atoms with Gasteiger partial charge in [-0.15, -0.1) is 0 Å². The SMILES string of the molecule is N=C(N)c1cc2c(nc1Sc1ccc(F)cc1F)CCC2. The third kappa shape index (κ3) is 2.76. The van der Waals surface area contributed by atoms with Gasteiger partial charge in [0.2, 0.25) is 0 Å². The van der Waals surface area contributed by atoms with E-state index in [4.69, 9.17) is 11.1 Å². The predicted molar refractivity (Wildman–Crippen MR) is 77.8 cm³/mol. The maximum Gasteiger partial charge on any atom is 0.140 e. The number of hydrogen-bond donors (Lipinski definition) is 2. The van der Waals surface area contributed by atoms with Crippen LogP contribution in [0.15, 0.2) is 34.2 Å². The van der Waals surface area contributed by atoms with Crippen LogP contribution in [0.25, 0.3) is 0 Å². The Balaban J connectivity index is 2.03. The molecule has 0 atom stereocenters. The van der Waals surface area contributed by atoms with Crippen LogP contribution in [-0.4, -0.2) is 10.8 Å². The number of rotatable bonds is 3. The first-order valence-corrected chi connectivity index (χ1v) is 7.36. The first-order chi connectivity index (χ1) is 10.0. The van der Waals surface area contributed by atoms with Gasteiger partial charge in [-0.1, -0.05) is 11.8 Å². The van der Waals surface area contributed by atoms with E-state index < -0.39 is 11.6 Å². The second-order valence-electron chi connectivity index (χ2n) is 4.89. The maximum absolute atomic E-state index is 13.8. The van der Waals surface area contributed by atoms with Crippen molar-refractivity contribution < 1.29 is 8.78 Å². The molecule has 0 saturated heterocycles. The predicted octanol–water partition coefficient (Wildman–Crippen LogP) is 3.28. The highest BCUT2D eigenvalue weighted by molar-refractivity contribution is 7.99. The molecular formula is C15H13F2N3S. The molecule has 1 aromatic heterocycles. The van der Waals surface area contributed by atoms with Gasteiger partial charge in [-0.05, 0) is 43.0 Å². The standard InChI is InChI=1S/C15H13F2N3S/c16-9-4-5-13(11(17)7-9)21-15-10(14(18)19)6-8-2-1-3-12(8)20-15/h4-7H,1-3H2,(H3,18,19). The van der Waals surface area contributed by atoms with E-state index in [0.29, 0.717) is 10.6 Å². The Morgan fingerprint density at radius 1 is 1.24 bits per heavy atom. The summed E-state index contributed by atoms with van der Waals surface area (Å²) in [7, 11) is 0. The molecule has 1 heterocycles. The van der Waals surface area contributed by atoms with Crippen molar-refractivity contribution in [2.75, 3.05) is 0 Å². The molecule has 0 radical (unpaired) electrons. The fourth-order valence-corrected chi connectivity index (χ4v) is 3.32. The third-order valence-corrected chi connectivity index (χ3v) is 4.46. The van der Waals surface area contributed by atoms with Crippen molar-refractivity contribution in [1.29, 1.82) is 5.41 Å². The molecular weight excluding hydrogens is 292 g/mol. The second kappa shape index (κ2) is 5.44. The molecule has 21 heavy (non-hydrogen) atoms. The summed E-state index contributed by atoms with van der Waals surface area (Å²) < 4.78 is 26.7. The molecule has 0 spiro atoms. The van der Waals surface area contributed by atoms with E-state index in [1.165, 1.54) is 12.1 Å². The van der Waals surface area contributed by atoms with Crippen LogP contribution in [-0.2, 0) is 12.8 Å². The van der Waals surface area contributed by atoms with Crippen molar-refractivity contribution in [3.05, 3.63) is 52.7 Å². The third-order valence-electron chi connectivity index (χ3n) is 3.41. The van der Waals surface area contributed by atoms with Crippen LogP contribution >= 0.6 is 11.8 Å². The Morgan fingerprint density at radius 2 is 2.05 bits per heavy atom. The summed E-state index contributed by atoms with van der Waals surface area (Å²) in [5, 5.41) is 8.16. The molecule has 3 N–H and O–H groups in total. The average Bonchev–Trinajstić information content (AvgIpc) is 2.88. The maximum atomic E-state index is 13.8. The van der Waals surface area contributed by atoms with E-state index in [0.717, 1.165) is 48.3 Å². The Kier molecular flexibility index (Phi) is 3.63. The number of fused-ring (bicyclic) bond motifs is 1. The second-order valence-corrected chi connectivity index (χ2v) is 5.92. The Hall–Kier alpha value is -1.95. The largest absolute Gasteiger partial charge is 0.384 e. The first-order valence-electron chi connectivity index (χ1n) is 6.54. The zero-order chi connectivity index (χ0) is 15.0. The molecule has 3 nitrogen and oxygen atoms in total. The Labute approximate surface area is 125 Å². The highest BCUT2D eigenvalue weighted by atomic mass is 32.2. The number of nitrogens with zero attached hydrogens (tertiary/aromatic N) is 1. The van der Waals surface area contributed by atoms with Gasteiger partial charge < -0.3 is 5.73 Å². The van der Waals surface area contributed by atoms with Crippen LogP contribution in [0.1, 0.15) is 23.2 Å². The Morgan fingerprint density at radius 3 is 2.76 bits per heavy atom. The van der Waals surface area contributed by atoms with Gasteiger partial charge in [0.05, 0.1) is 0 Å². The minimum atomic E-state index is -0.642. The summed E-state index contributed by atoms with van der Waals surface area (Å²) in [5.41, 5.74) is 8.18. The highest BCUT2D eigenvalue weighted by Gasteiger charge is 2.19. The van der Waals surface area contributed by atoms with E-state index in [-0.39, 0.29) is 10.7 Å². The lowest BCUT2D eigenvalue weighted by molar-refractivity contribution is 0.565. The van der Waals surface area contributed by atoms with Crippen LogP contribution in [0.5, 0.6) is 0 Å². The number of amidine groups is 1. The first kappa shape index (κ1) is 14.0. The van der Waals surface area contributed by atoms with Gasteiger partial charge >= 0.3 is 0 Å². The number of aromatic nitrogens is 1. The molecule has 1 aliphatic rings. The van der Waals surface area contributed by atoms with Gasteiger partial charge in [0.15, 0.2) is 0 Å². The molecule has 0 saturated carbocycles. The molecule has 0 amide bonds. The molecule has 3 rings (SSSR count). The quantitative estimate of drug-likeness (QED) is 0.675. The van der Waals surface area contributed by atoms with Crippen LogP contribution in [0.3, 0.4) is 0 Å². The topological polar surface area (TPSA) is 62.8 Å². The number of halogens is 2. The van der Waals surface area contributed by atoms with Gasteiger partial charge in [-0.25, -0.2) is 13.8 Å². The number of nitrogen functional groups attached to an aromatic ring is 1. The van der Waals surface area contributed by atoms with Crippen molar-refractivity contribution in [3.63, 3.8) is 0 Å². The number of benzene rings is 1. The summed E-state index contributed by atoms with van der Waals surface area (Å²) in [6.07, 6.45) is 2.84. The lowest BCUT2D eigenvalue weighted by atomic mass is 10.1. The summed E-state index contributed by atoms with van der Waals surface area (Å²) in [6, 6.07) is 5.27. The summed E-state index contributed by atoms with van der Waals surface area (Å²) in [4.78, 5) is 4.78. The van der Waals surface area contributed by atoms with E-state index in [2.05, 4.69) is 4.98 Å². The number of nitrogens with one attached hydrogen (secondary N) is 1. The van der Waals surface area contributed by atoms with Crippen molar-refractivity contribution in [3.8, 4) is 0 Å². The fourth-order valence-electron chi connectivity index (χ4n) is 2.39. The van der Waals surface area contributed by atoms with E-state index in [9.17, 15) is 8.78 Å². The molecule has 0 bridgehead atoms. The zero-order valence-corrected chi connectivity index (χ0v) is 11.9. The van der Waals surface area contributed by atoms with E-state index in [1.54, 1.807) is 0 Å². The monoisotopic (exact) mass is 305 g/mol. The van der Waals surface area contributed by atoms with Crippen LogP contribution in [0.2, 0.25) is 0 Å². The normalized spacial score (nSPS) is 13.2. The Bertz CT molecular complexity index is 731. The van der Waals surface area contributed by atoms with Gasteiger partial charge in [-0.2, -0.15) is 0 Å². The van der Waals surface area contributed by atoms with Crippen LogP contribution in [0, 0.1) is 17.0 Å². The smallest absolute Gasteiger partial charge is 0.140 e. The molecule has 0 aliphatic heterocycles. The summed E-state index contributed by atoms with van der Waals surface area (Å²) >= 11 is 1.07. The molecule has 0 unspecified atom stereocenters. The van der Waals surface area contributed by atoms with Crippen molar-refractivity contribution in [2.24, 2.45) is 5.73 Å². The van der Waals surface area contributed by atoms with Crippen molar-refractivity contribution in [1.82, 2.24) is 4.98 Å². The van der Waals surface area contributed by atoms with Gasteiger partial charge in [0.25, 0.3) is 0 Å². The fraction of sp³-hybridized carbons (Fsp3) is 0.200. The van der Waals surface area contributed by atoms with E-state index >= 15 is 0 Å².